The van der Waals surface area contributed by atoms with Crippen LogP contribution in [0.1, 0.15) is 74.8 Å². The SMILES string of the molecule is CN[C@@H](C)C(=O)NC(C(=O)N1CCC[C@H]1CN(CCc1ccccc1)C(=O)C(F)(F)F)c1ccc(CO[C@H](C)[C@H](NC(=O)[C@H](C)NC)C(=O)N2CCC[C@H]2CN(CCc2ccccc2)C(=O)C(F)(F)F)cc1. The lowest BCUT2D eigenvalue weighted by atomic mass is 10.0. The maximum absolute atomic E-state index is 14.5. The third kappa shape index (κ3) is 15.7. The fourth-order valence-electron chi connectivity index (χ4n) is 8.82. The van der Waals surface area contributed by atoms with E-state index in [0.29, 0.717) is 36.8 Å². The van der Waals surface area contributed by atoms with Gasteiger partial charge >= 0.3 is 24.2 Å². The minimum absolute atomic E-state index is 0.124. The first-order valence-electron chi connectivity index (χ1n) is 24.2. The lowest BCUT2D eigenvalue weighted by molar-refractivity contribution is -0.186. The van der Waals surface area contributed by atoms with Gasteiger partial charge in [-0.05, 0) is 95.6 Å². The Bertz CT molecular complexity index is 2270. The lowest BCUT2D eigenvalue weighted by Gasteiger charge is -2.35. The summed E-state index contributed by atoms with van der Waals surface area (Å²) in [6.45, 7) is 3.72. The molecule has 5 rings (SSSR count). The Morgan fingerprint density at radius 2 is 1.04 bits per heavy atom. The van der Waals surface area contributed by atoms with Gasteiger partial charge in [-0.15, -0.1) is 0 Å². The van der Waals surface area contributed by atoms with E-state index in [1.165, 1.54) is 9.80 Å². The molecule has 3 aromatic rings. The number of likely N-dealkylation sites (N-methyl/N-ethyl adjacent to an activating group) is 2. The van der Waals surface area contributed by atoms with Crippen molar-refractivity contribution in [3.8, 4) is 0 Å². The summed E-state index contributed by atoms with van der Waals surface area (Å²) in [5, 5.41) is 11.2. The summed E-state index contributed by atoms with van der Waals surface area (Å²) in [5.41, 5.74) is 2.36. The van der Waals surface area contributed by atoms with Crippen molar-refractivity contribution in [3.05, 3.63) is 107 Å². The highest BCUT2D eigenvalue weighted by molar-refractivity contribution is 5.92. The zero-order valence-electron chi connectivity index (χ0n) is 41.2. The van der Waals surface area contributed by atoms with Gasteiger partial charge in [-0.1, -0.05) is 84.9 Å². The Kier molecular flexibility index (Phi) is 20.6. The smallest absolute Gasteiger partial charge is 0.371 e. The summed E-state index contributed by atoms with van der Waals surface area (Å²) >= 11 is 0. The zero-order chi connectivity index (χ0) is 52.8. The van der Waals surface area contributed by atoms with Crippen molar-refractivity contribution in [2.24, 2.45) is 0 Å². The van der Waals surface area contributed by atoms with Crippen LogP contribution in [-0.2, 0) is 53.0 Å². The van der Waals surface area contributed by atoms with Gasteiger partial charge in [0.25, 0.3) is 0 Å². The molecule has 2 heterocycles. The maximum Gasteiger partial charge on any atom is 0.471 e. The van der Waals surface area contributed by atoms with Crippen LogP contribution in [0.15, 0.2) is 84.9 Å². The van der Waals surface area contributed by atoms with Crippen molar-refractivity contribution in [3.63, 3.8) is 0 Å². The van der Waals surface area contributed by atoms with Gasteiger partial charge in [-0.3, -0.25) is 28.8 Å². The molecule has 0 spiro atoms. The molecule has 2 saturated heterocycles. The molecule has 0 radical (unpaired) electrons. The van der Waals surface area contributed by atoms with E-state index >= 15 is 0 Å². The molecule has 2 aliphatic heterocycles. The van der Waals surface area contributed by atoms with Crippen LogP contribution >= 0.6 is 0 Å². The molecular formula is C51H66F6N8O7. The van der Waals surface area contributed by atoms with Crippen molar-refractivity contribution in [2.45, 2.75) is 121 Å². The van der Waals surface area contributed by atoms with Gasteiger partial charge in [-0.2, -0.15) is 26.3 Å². The van der Waals surface area contributed by atoms with Crippen molar-refractivity contribution in [2.75, 3.05) is 53.4 Å². The molecule has 21 heteroatoms. The van der Waals surface area contributed by atoms with Crippen molar-refractivity contribution in [1.29, 1.82) is 0 Å². The molecule has 6 amide bonds. The first kappa shape index (κ1) is 56.8. The maximum atomic E-state index is 14.5. The van der Waals surface area contributed by atoms with Crippen LogP contribution < -0.4 is 21.3 Å². The van der Waals surface area contributed by atoms with E-state index < -0.39 is 90.2 Å². The van der Waals surface area contributed by atoms with Crippen LogP contribution in [0.2, 0.25) is 0 Å². The monoisotopic (exact) mass is 1020 g/mol. The number of halogens is 6. The highest BCUT2D eigenvalue weighted by Gasteiger charge is 2.46. The highest BCUT2D eigenvalue weighted by atomic mass is 19.4. The molecule has 394 valence electrons. The Labute approximate surface area is 416 Å². The van der Waals surface area contributed by atoms with Crippen molar-refractivity contribution >= 4 is 35.4 Å². The number of nitrogens with one attached hydrogen (secondary N) is 4. The third-order valence-corrected chi connectivity index (χ3v) is 13.3. The molecule has 0 aromatic heterocycles. The quantitative estimate of drug-likeness (QED) is 0.0984. The number of nitrogens with zero attached hydrogens (tertiary/aromatic N) is 4. The minimum Gasteiger partial charge on any atom is -0.371 e. The summed E-state index contributed by atoms with van der Waals surface area (Å²) in [5.74, 6) is -6.28. The van der Waals surface area contributed by atoms with Gasteiger partial charge in [0.05, 0.1) is 24.8 Å². The number of alkyl halides is 6. The Balaban J connectivity index is 1.32. The second-order valence-electron chi connectivity index (χ2n) is 18.3. The lowest BCUT2D eigenvalue weighted by Crippen LogP contribution is -2.59. The molecule has 0 saturated carbocycles. The average Bonchev–Trinajstić information content (AvgIpc) is 4.05. The number of likely N-dealkylation sites (tertiary alicyclic amines) is 2. The molecule has 2 fully saturated rings. The van der Waals surface area contributed by atoms with Gasteiger partial charge in [0.15, 0.2) is 0 Å². The van der Waals surface area contributed by atoms with Crippen LogP contribution in [0.3, 0.4) is 0 Å². The standard InChI is InChI=1S/C51H66F6N8O7/c1-33(58-4)44(66)60-42(46(68)64-26-12-18-40(64)30-62(48(70)50(52,53)54)28-24-36-14-8-6-9-15-36)35(3)72-32-38-20-22-39(23-21-38)43(61-45(67)34(2)59-5)47(69)65-27-13-19-41(65)31-63(49(71)51(55,56)57)29-25-37-16-10-7-11-17-37/h6-11,14-17,20-23,33-35,40-43,58-59H,12-13,18-19,24-32H2,1-5H3,(H,60,66)(H,61,67)/t33-,34-,35+,40-,41-,42-,43?/m0/s1. The fraction of sp³-hybridized carbons (Fsp3) is 0.529. The van der Waals surface area contributed by atoms with E-state index in [0.717, 1.165) is 20.9 Å². The van der Waals surface area contributed by atoms with Gasteiger partial charge in [0.1, 0.15) is 12.1 Å². The zero-order valence-corrected chi connectivity index (χ0v) is 41.2. The van der Waals surface area contributed by atoms with Crippen molar-refractivity contribution < 1.29 is 59.8 Å². The van der Waals surface area contributed by atoms with Crippen LogP contribution in [0.5, 0.6) is 0 Å². The van der Waals surface area contributed by atoms with Gasteiger partial charge < -0.3 is 45.6 Å². The number of hydrogen-bond acceptors (Lipinski definition) is 9. The second kappa shape index (κ2) is 26.1. The predicted molar refractivity (Wildman–Crippen MR) is 256 cm³/mol. The first-order chi connectivity index (χ1) is 34.1. The normalized spacial score (nSPS) is 18.2. The van der Waals surface area contributed by atoms with E-state index in [9.17, 15) is 55.1 Å². The molecule has 72 heavy (non-hydrogen) atoms. The summed E-state index contributed by atoms with van der Waals surface area (Å²) in [4.78, 5) is 85.1. The number of carbonyl (C=O) groups is 6. The van der Waals surface area contributed by atoms with E-state index in [-0.39, 0.29) is 58.7 Å². The van der Waals surface area contributed by atoms with E-state index in [1.54, 1.807) is 120 Å². The minimum atomic E-state index is -5.15. The number of rotatable bonds is 23. The van der Waals surface area contributed by atoms with Crippen molar-refractivity contribution in [1.82, 2.24) is 40.9 Å². The molecule has 15 nitrogen and oxygen atoms in total. The molecule has 1 unspecified atom stereocenters. The van der Waals surface area contributed by atoms with Crippen LogP contribution in [0, 0.1) is 0 Å². The largest absolute Gasteiger partial charge is 0.471 e. The van der Waals surface area contributed by atoms with Gasteiger partial charge in [0, 0.05) is 51.4 Å². The first-order valence-corrected chi connectivity index (χ1v) is 24.2. The second-order valence-corrected chi connectivity index (χ2v) is 18.3. The Morgan fingerprint density at radius 3 is 1.47 bits per heavy atom. The number of carbonyl (C=O) groups excluding carboxylic acids is 6. The van der Waals surface area contributed by atoms with Crippen LogP contribution in [-0.4, -0.2) is 157 Å². The van der Waals surface area contributed by atoms with Crippen LogP contribution in [0.4, 0.5) is 26.3 Å². The summed E-state index contributed by atoms with van der Waals surface area (Å²) in [6.07, 6.45) is -9.45. The van der Waals surface area contributed by atoms with E-state index in [1.807, 2.05) is 0 Å². The average molecular weight is 1020 g/mol. The molecule has 0 bridgehead atoms. The molecule has 4 N–H and O–H groups in total. The summed E-state index contributed by atoms with van der Waals surface area (Å²) in [6, 6.07) is 18.3. The number of ether oxygens (including phenoxy) is 1. The Hall–Kier alpha value is -6.06. The number of amides is 6. The van der Waals surface area contributed by atoms with E-state index in [4.69, 9.17) is 4.74 Å². The summed E-state index contributed by atoms with van der Waals surface area (Å²) in [7, 11) is 3.12. The number of benzene rings is 3. The topological polar surface area (TPSA) is 173 Å². The van der Waals surface area contributed by atoms with Crippen LogP contribution in [0.25, 0.3) is 0 Å². The predicted octanol–water partition coefficient (Wildman–Crippen LogP) is 4.70. The van der Waals surface area contributed by atoms with Gasteiger partial charge in [-0.25, -0.2) is 0 Å². The highest BCUT2D eigenvalue weighted by Crippen LogP contribution is 2.29. The molecule has 7 atom stereocenters. The van der Waals surface area contributed by atoms with E-state index in [2.05, 4.69) is 21.3 Å². The number of hydrogen-bond donors (Lipinski definition) is 4. The van der Waals surface area contributed by atoms with Gasteiger partial charge in [0.2, 0.25) is 23.6 Å². The fourth-order valence-corrected chi connectivity index (χ4v) is 8.82. The third-order valence-electron chi connectivity index (χ3n) is 13.3. The molecule has 0 aliphatic carbocycles. The Morgan fingerprint density at radius 1 is 0.611 bits per heavy atom. The summed E-state index contributed by atoms with van der Waals surface area (Å²) < 4.78 is 89.4. The molecular weight excluding hydrogens is 951 g/mol. The molecule has 3 aromatic carbocycles. The molecule has 2 aliphatic rings.